The van der Waals surface area contributed by atoms with E-state index >= 15 is 0 Å². The lowest BCUT2D eigenvalue weighted by Gasteiger charge is -2.00. The average molecular weight is 358 g/mol. The molecule has 86 valence electrons. The lowest BCUT2D eigenvalue weighted by atomic mass is 10.4. The molecule has 0 saturated heterocycles. The van der Waals surface area contributed by atoms with E-state index in [0.29, 0.717) is 27.6 Å². The van der Waals surface area contributed by atoms with Gasteiger partial charge in [0.05, 0.1) is 5.69 Å². The molecule has 3 heterocycles. The Hall–Kier alpha value is -1.34. The molecule has 3 aromatic heterocycles. The van der Waals surface area contributed by atoms with Gasteiger partial charge in [-0.1, -0.05) is 0 Å². The Kier molecular flexibility index (Phi) is 2.44. The Morgan fingerprint density at radius 3 is 2.76 bits per heavy atom. The quantitative estimate of drug-likeness (QED) is 0.726. The molecule has 0 fully saturated rings. The molecule has 2 N–H and O–H groups in total. The molecule has 7 heteroatoms. The van der Waals surface area contributed by atoms with Crippen LogP contribution in [0.5, 0.6) is 0 Å². The first kappa shape index (κ1) is 10.8. The molecule has 0 aromatic carbocycles. The molecule has 3 rings (SSSR count). The fourth-order valence-corrected chi connectivity index (χ4v) is 2.34. The van der Waals surface area contributed by atoms with E-state index in [9.17, 15) is 0 Å². The maximum Gasteiger partial charge on any atom is 0.204 e. The van der Waals surface area contributed by atoms with Crippen molar-refractivity contribution in [2.45, 2.75) is 0 Å². The van der Waals surface area contributed by atoms with Crippen LogP contribution in [0, 0.1) is 0 Å². The van der Waals surface area contributed by atoms with Gasteiger partial charge >= 0.3 is 0 Å². The minimum Gasteiger partial charge on any atom is -0.446 e. The van der Waals surface area contributed by atoms with Crippen LogP contribution in [0.1, 0.15) is 0 Å². The van der Waals surface area contributed by atoms with Gasteiger partial charge in [-0.15, -0.1) is 10.2 Å². The average Bonchev–Trinajstić information content (AvgIpc) is 2.83. The minimum atomic E-state index is 0.559. The predicted octanol–water partition coefficient (Wildman–Crippen LogP) is 3.10. The lowest BCUT2D eigenvalue weighted by molar-refractivity contribution is 0.550. The van der Waals surface area contributed by atoms with E-state index in [1.165, 1.54) is 0 Å². The molecule has 0 unspecified atom stereocenters. The van der Waals surface area contributed by atoms with Crippen molar-refractivity contribution < 1.29 is 4.42 Å². The lowest BCUT2D eigenvalue weighted by Crippen LogP contribution is -1.94. The summed E-state index contributed by atoms with van der Waals surface area (Å²) in [5.74, 6) is 1.24. The molecule has 3 aromatic rings. The highest BCUT2D eigenvalue weighted by Gasteiger charge is 2.13. The Morgan fingerprint density at radius 2 is 2.06 bits per heavy atom. The molecule has 0 spiro atoms. The number of halogens is 2. The van der Waals surface area contributed by atoms with Gasteiger partial charge in [0.2, 0.25) is 5.82 Å². The molecule has 5 nitrogen and oxygen atoms in total. The number of hydrogen-bond donors (Lipinski definition) is 1. The highest BCUT2D eigenvalue weighted by molar-refractivity contribution is 9.10. The molecule has 0 saturated carbocycles. The van der Waals surface area contributed by atoms with Crippen molar-refractivity contribution in [1.82, 2.24) is 14.6 Å². The fourth-order valence-electron chi connectivity index (χ4n) is 1.59. The molecule has 0 aliphatic carbocycles. The van der Waals surface area contributed by atoms with E-state index in [0.717, 1.165) is 4.47 Å². The molecular weight excluding hydrogens is 352 g/mol. The molecule has 0 atom stereocenters. The van der Waals surface area contributed by atoms with Crippen LogP contribution in [-0.4, -0.2) is 14.6 Å². The topological polar surface area (TPSA) is 69.3 Å². The van der Waals surface area contributed by atoms with E-state index in [4.69, 9.17) is 10.2 Å². The minimum absolute atomic E-state index is 0.559. The zero-order valence-electron chi connectivity index (χ0n) is 8.39. The van der Waals surface area contributed by atoms with Crippen molar-refractivity contribution in [2.75, 3.05) is 5.73 Å². The molecule has 0 radical (unpaired) electrons. The van der Waals surface area contributed by atoms with Gasteiger partial charge in [-0.3, -0.25) is 4.40 Å². The van der Waals surface area contributed by atoms with E-state index < -0.39 is 0 Å². The SMILES string of the molecule is Nc1cc(Br)cn2c(-c3ccc(Br)o3)nnc12. The number of anilines is 1. The second-order valence-electron chi connectivity index (χ2n) is 3.43. The Morgan fingerprint density at radius 1 is 1.24 bits per heavy atom. The predicted molar refractivity (Wildman–Crippen MR) is 70.5 cm³/mol. The monoisotopic (exact) mass is 356 g/mol. The van der Waals surface area contributed by atoms with E-state index in [1.807, 2.05) is 12.3 Å². The number of pyridine rings is 1. The number of nitrogens with zero attached hydrogens (tertiary/aromatic N) is 3. The van der Waals surface area contributed by atoms with Crippen LogP contribution in [-0.2, 0) is 0 Å². The molecule has 0 aliphatic rings. The van der Waals surface area contributed by atoms with Gasteiger partial charge in [-0.2, -0.15) is 0 Å². The van der Waals surface area contributed by atoms with Gasteiger partial charge in [0.15, 0.2) is 16.1 Å². The van der Waals surface area contributed by atoms with Crippen LogP contribution in [0.3, 0.4) is 0 Å². The summed E-state index contributed by atoms with van der Waals surface area (Å²) in [6.45, 7) is 0. The summed E-state index contributed by atoms with van der Waals surface area (Å²) in [4.78, 5) is 0. The smallest absolute Gasteiger partial charge is 0.204 e. The highest BCUT2D eigenvalue weighted by atomic mass is 79.9. The third kappa shape index (κ3) is 1.75. The zero-order valence-corrected chi connectivity index (χ0v) is 11.6. The summed E-state index contributed by atoms with van der Waals surface area (Å²) in [5.41, 5.74) is 7.03. The number of aromatic nitrogens is 3. The van der Waals surface area contributed by atoms with Crippen molar-refractivity contribution in [1.29, 1.82) is 0 Å². The Bertz CT molecular complexity index is 703. The number of rotatable bonds is 1. The van der Waals surface area contributed by atoms with Crippen molar-refractivity contribution in [2.24, 2.45) is 0 Å². The van der Waals surface area contributed by atoms with Crippen molar-refractivity contribution in [3.05, 3.63) is 33.5 Å². The van der Waals surface area contributed by atoms with Crippen LogP contribution in [0.25, 0.3) is 17.2 Å². The highest BCUT2D eigenvalue weighted by Crippen LogP contribution is 2.27. The largest absolute Gasteiger partial charge is 0.446 e. The Balaban J connectivity index is 2.31. The van der Waals surface area contributed by atoms with Gasteiger partial charge in [0.25, 0.3) is 0 Å². The van der Waals surface area contributed by atoms with E-state index in [1.54, 1.807) is 16.5 Å². The summed E-state index contributed by atoms with van der Waals surface area (Å²) in [6, 6.07) is 5.40. The third-order valence-electron chi connectivity index (χ3n) is 2.29. The standard InChI is InChI=1S/C10H6Br2N4O/c11-5-3-6(13)9-14-15-10(16(9)4-5)7-1-2-8(12)17-7/h1-4H,13H2. The molecule has 17 heavy (non-hydrogen) atoms. The van der Waals surface area contributed by atoms with Crippen LogP contribution < -0.4 is 5.73 Å². The summed E-state index contributed by atoms with van der Waals surface area (Å²) >= 11 is 6.64. The number of nitrogens with two attached hydrogens (primary N) is 1. The van der Waals surface area contributed by atoms with E-state index in [-0.39, 0.29) is 0 Å². The summed E-state index contributed by atoms with van der Waals surface area (Å²) in [6.07, 6.45) is 1.84. The number of nitrogen functional groups attached to an aromatic ring is 1. The van der Waals surface area contributed by atoms with Crippen LogP contribution >= 0.6 is 31.9 Å². The molecule has 0 bridgehead atoms. The van der Waals surface area contributed by atoms with Crippen molar-refractivity contribution >= 4 is 43.2 Å². The fraction of sp³-hybridized carbons (Fsp3) is 0. The van der Waals surface area contributed by atoms with Crippen molar-refractivity contribution in [3.8, 4) is 11.6 Å². The van der Waals surface area contributed by atoms with Gasteiger partial charge in [0, 0.05) is 10.7 Å². The number of hydrogen-bond acceptors (Lipinski definition) is 4. The third-order valence-corrected chi connectivity index (χ3v) is 3.15. The summed E-state index contributed by atoms with van der Waals surface area (Å²) < 4.78 is 8.74. The second-order valence-corrected chi connectivity index (χ2v) is 5.13. The summed E-state index contributed by atoms with van der Waals surface area (Å²) in [7, 11) is 0. The van der Waals surface area contributed by atoms with Gasteiger partial charge in [-0.25, -0.2) is 0 Å². The number of fused-ring (bicyclic) bond motifs is 1. The molecule has 0 amide bonds. The van der Waals surface area contributed by atoms with Crippen LogP contribution in [0.4, 0.5) is 5.69 Å². The second kappa shape index (κ2) is 3.85. The number of furan rings is 1. The summed E-state index contributed by atoms with van der Waals surface area (Å²) in [5, 5.41) is 8.12. The van der Waals surface area contributed by atoms with Crippen LogP contribution in [0.2, 0.25) is 0 Å². The molecule has 0 aliphatic heterocycles. The normalized spacial score (nSPS) is 11.2. The maximum absolute atomic E-state index is 5.86. The first-order valence-corrected chi connectivity index (χ1v) is 6.29. The van der Waals surface area contributed by atoms with Gasteiger partial charge in [0.1, 0.15) is 0 Å². The molecular formula is C10H6Br2N4O. The van der Waals surface area contributed by atoms with Crippen LogP contribution in [0.15, 0.2) is 38.0 Å². The first-order chi connectivity index (χ1) is 8.15. The van der Waals surface area contributed by atoms with E-state index in [2.05, 4.69) is 42.1 Å². The van der Waals surface area contributed by atoms with Gasteiger partial charge < -0.3 is 10.2 Å². The maximum atomic E-state index is 5.86. The van der Waals surface area contributed by atoms with Gasteiger partial charge in [-0.05, 0) is 50.1 Å². The first-order valence-electron chi connectivity index (χ1n) is 4.70. The van der Waals surface area contributed by atoms with Crippen molar-refractivity contribution in [3.63, 3.8) is 0 Å². The Labute approximate surface area is 113 Å². The zero-order chi connectivity index (χ0) is 12.0.